The van der Waals surface area contributed by atoms with E-state index in [2.05, 4.69) is 9.98 Å². The van der Waals surface area contributed by atoms with Crippen LogP contribution in [0, 0.1) is 23.0 Å². The molecule has 1 aromatic heterocycles. The van der Waals surface area contributed by atoms with Gasteiger partial charge in [-0.25, -0.2) is 13.8 Å². The van der Waals surface area contributed by atoms with Crippen molar-refractivity contribution in [2.75, 3.05) is 6.61 Å². The molecule has 12 heteroatoms. The van der Waals surface area contributed by atoms with Crippen molar-refractivity contribution in [1.29, 1.82) is 5.26 Å². The first-order valence-corrected chi connectivity index (χ1v) is 10.6. The highest BCUT2D eigenvalue weighted by molar-refractivity contribution is 5.84. The Labute approximate surface area is 188 Å². The van der Waals surface area contributed by atoms with Crippen LogP contribution in [0.4, 0.5) is 14.7 Å². The zero-order chi connectivity index (χ0) is 24.3. The third-order valence-electron chi connectivity index (χ3n) is 5.37. The van der Waals surface area contributed by atoms with Gasteiger partial charge >= 0.3 is 0 Å². The molecular weight excluding hydrogens is 442 g/mol. The van der Waals surface area contributed by atoms with Gasteiger partial charge in [0.2, 0.25) is 5.95 Å². The maximum Gasteiger partial charge on any atom is 0.233 e. The number of aliphatic hydroxyl groups is 4. The van der Waals surface area contributed by atoms with Gasteiger partial charge in [0.1, 0.15) is 48.1 Å². The molecule has 4 N–H and O–H groups in total. The number of halogens is 2. The number of nitrogens with zero attached hydrogens (tertiary/aromatic N) is 4. The fourth-order valence-corrected chi connectivity index (χ4v) is 3.48. The lowest BCUT2D eigenvalue weighted by molar-refractivity contribution is -0.285. The summed E-state index contributed by atoms with van der Waals surface area (Å²) >= 11 is 0. The standard InChI is InChI=1S/C21H26F2N4O6/c1-3-5-6-27-16-14(23)10(8-24)7-11(22)15(16)26-21(27)25-13(4-2)32-9-12-17(28)18(29)19(30)20(31)33-12/h7,12,17-20,28-31H,3-6,9H2,1-2H3/b25-13-/t12-,17-,18+,19-,20-/m1/s1. The van der Waals surface area contributed by atoms with Gasteiger partial charge in [0.05, 0.1) is 5.56 Å². The van der Waals surface area contributed by atoms with Crippen LogP contribution in [-0.2, 0) is 16.0 Å². The second-order valence-corrected chi connectivity index (χ2v) is 7.65. The molecule has 1 saturated heterocycles. The Morgan fingerprint density at radius 1 is 1.24 bits per heavy atom. The molecule has 0 unspecified atom stereocenters. The molecule has 2 heterocycles. The summed E-state index contributed by atoms with van der Waals surface area (Å²) in [6.45, 7) is 3.58. The Kier molecular flexibility index (Phi) is 7.93. The van der Waals surface area contributed by atoms with Crippen LogP contribution in [0.2, 0.25) is 0 Å². The van der Waals surface area contributed by atoms with Gasteiger partial charge < -0.3 is 34.5 Å². The molecule has 0 aliphatic carbocycles. The fraction of sp³-hybridized carbons (Fsp3) is 0.571. The van der Waals surface area contributed by atoms with Gasteiger partial charge in [-0.2, -0.15) is 10.3 Å². The van der Waals surface area contributed by atoms with Crippen LogP contribution in [0.25, 0.3) is 11.0 Å². The Balaban J connectivity index is 1.93. The predicted octanol–water partition coefficient (Wildman–Crippen LogP) is 1.24. The molecule has 1 aliphatic heterocycles. The summed E-state index contributed by atoms with van der Waals surface area (Å²) < 4.78 is 41.4. The van der Waals surface area contributed by atoms with Gasteiger partial charge in [-0.05, 0) is 12.5 Å². The van der Waals surface area contributed by atoms with Crippen molar-refractivity contribution in [3.8, 4) is 6.07 Å². The number of nitriles is 1. The van der Waals surface area contributed by atoms with Crippen molar-refractivity contribution in [2.24, 2.45) is 4.99 Å². The van der Waals surface area contributed by atoms with Crippen molar-refractivity contribution in [2.45, 2.75) is 70.4 Å². The predicted molar refractivity (Wildman–Crippen MR) is 112 cm³/mol. The molecule has 0 saturated carbocycles. The number of ether oxygens (including phenoxy) is 2. The molecule has 1 aliphatic rings. The maximum absolute atomic E-state index is 14.9. The molecule has 0 amide bonds. The summed E-state index contributed by atoms with van der Waals surface area (Å²) in [6.07, 6.45) is -6.09. The van der Waals surface area contributed by atoms with Gasteiger partial charge in [-0.1, -0.05) is 20.3 Å². The number of hydrogen-bond acceptors (Lipinski definition) is 9. The average Bonchev–Trinajstić information content (AvgIpc) is 3.17. The number of aliphatic hydroxyl groups excluding tert-OH is 4. The van der Waals surface area contributed by atoms with E-state index in [0.717, 1.165) is 12.5 Å². The molecule has 0 radical (unpaired) electrons. The van der Waals surface area contributed by atoms with Gasteiger partial charge in [0.15, 0.2) is 23.8 Å². The largest absolute Gasteiger partial charge is 0.478 e. The van der Waals surface area contributed by atoms with E-state index in [-0.39, 0.29) is 42.5 Å². The summed E-state index contributed by atoms with van der Waals surface area (Å²) in [5, 5.41) is 48.2. The summed E-state index contributed by atoms with van der Waals surface area (Å²) in [4.78, 5) is 8.40. The lowest BCUT2D eigenvalue weighted by Crippen LogP contribution is -2.58. The highest BCUT2D eigenvalue weighted by Crippen LogP contribution is 2.29. The average molecular weight is 468 g/mol. The van der Waals surface area contributed by atoms with Crippen LogP contribution < -0.4 is 0 Å². The number of rotatable bonds is 7. The number of aromatic nitrogens is 2. The van der Waals surface area contributed by atoms with Crippen molar-refractivity contribution in [1.82, 2.24) is 9.55 Å². The maximum atomic E-state index is 14.9. The van der Waals surface area contributed by atoms with Gasteiger partial charge in [0, 0.05) is 13.0 Å². The van der Waals surface area contributed by atoms with E-state index in [9.17, 15) is 29.2 Å². The molecule has 0 bridgehead atoms. The Morgan fingerprint density at radius 3 is 2.61 bits per heavy atom. The lowest BCUT2D eigenvalue weighted by atomic mass is 9.99. The lowest BCUT2D eigenvalue weighted by Gasteiger charge is -2.38. The van der Waals surface area contributed by atoms with Crippen molar-refractivity contribution in [3.63, 3.8) is 0 Å². The Bertz CT molecular complexity index is 1070. The second-order valence-electron chi connectivity index (χ2n) is 7.65. The molecule has 33 heavy (non-hydrogen) atoms. The van der Waals surface area contributed by atoms with Crippen molar-refractivity contribution < 1.29 is 38.7 Å². The monoisotopic (exact) mass is 468 g/mol. The first-order valence-electron chi connectivity index (χ1n) is 10.6. The number of aryl methyl sites for hydroxylation is 1. The van der Waals surface area contributed by atoms with Crippen LogP contribution >= 0.6 is 0 Å². The van der Waals surface area contributed by atoms with Crippen LogP contribution in [0.5, 0.6) is 0 Å². The molecular formula is C21H26F2N4O6. The zero-order valence-corrected chi connectivity index (χ0v) is 18.1. The van der Waals surface area contributed by atoms with Crippen LogP contribution in [0.15, 0.2) is 11.1 Å². The van der Waals surface area contributed by atoms with E-state index >= 15 is 0 Å². The van der Waals surface area contributed by atoms with E-state index < -0.39 is 47.9 Å². The van der Waals surface area contributed by atoms with E-state index in [0.29, 0.717) is 6.42 Å². The topological polar surface area (TPSA) is 153 Å². The quantitative estimate of drug-likeness (QED) is 0.350. The van der Waals surface area contributed by atoms with Crippen LogP contribution in [-0.4, -0.2) is 73.2 Å². The van der Waals surface area contributed by atoms with Crippen molar-refractivity contribution in [3.05, 3.63) is 23.3 Å². The minimum atomic E-state index is -1.71. The third kappa shape index (κ3) is 4.97. The number of imidazole rings is 1. The van der Waals surface area contributed by atoms with Gasteiger partial charge in [-0.15, -0.1) is 0 Å². The van der Waals surface area contributed by atoms with E-state index in [1.54, 1.807) is 13.0 Å². The SMILES string of the molecule is CCCCn1c(/N=C(/CC)OC[C@H]2O[C@@H](O)[C@H](O)[C@@H](O)[C@@H]2O)nc2c(F)cc(C#N)c(F)c21. The third-order valence-corrected chi connectivity index (χ3v) is 5.37. The minimum Gasteiger partial charge on any atom is -0.478 e. The number of hydrogen-bond donors (Lipinski definition) is 4. The summed E-state index contributed by atoms with van der Waals surface area (Å²) in [5.74, 6) is -1.67. The number of aliphatic imine (C=N–C) groups is 1. The summed E-state index contributed by atoms with van der Waals surface area (Å²) in [6, 6.07) is 2.41. The zero-order valence-electron chi connectivity index (χ0n) is 18.1. The van der Waals surface area contributed by atoms with Crippen LogP contribution in [0.3, 0.4) is 0 Å². The van der Waals surface area contributed by atoms with E-state index in [4.69, 9.17) is 14.7 Å². The smallest absolute Gasteiger partial charge is 0.233 e. The molecule has 3 rings (SSSR count). The van der Waals surface area contributed by atoms with Crippen molar-refractivity contribution >= 4 is 22.9 Å². The highest BCUT2D eigenvalue weighted by atomic mass is 19.1. The molecule has 2 aromatic rings. The molecule has 180 valence electrons. The number of unbranched alkanes of at least 4 members (excludes halogenated alkanes) is 1. The molecule has 5 atom stereocenters. The molecule has 1 aromatic carbocycles. The first-order chi connectivity index (χ1) is 15.7. The molecule has 0 spiro atoms. The summed E-state index contributed by atoms with van der Waals surface area (Å²) in [7, 11) is 0. The highest BCUT2D eigenvalue weighted by Gasteiger charge is 2.43. The Morgan fingerprint density at radius 2 is 1.97 bits per heavy atom. The van der Waals surface area contributed by atoms with Crippen LogP contribution in [0.1, 0.15) is 38.7 Å². The fourth-order valence-electron chi connectivity index (χ4n) is 3.48. The second kappa shape index (κ2) is 10.5. The molecule has 1 fully saturated rings. The van der Waals surface area contributed by atoms with E-state index in [1.807, 2.05) is 6.92 Å². The van der Waals surface area contributed by atoms with E-state index in [1.165, 1.54) is 4.57 Å². The Hall–Kier alpha value is -2.69. The molecule has 10 nitrogen and oxygen atoms in total. The minimum absolute atomic E-state index is 0.0243. The first kappa shape index (κ1) is 24.9. The summed E-state index contributed by atoms with van der Waals surface area (Å²) in [5.41, 5.74) is -0.869. The number of fused-ring (bicyclic) bond motifs is 1. The number of benzene rings is 1. The van der Waals surface area contributed by atoms with Gasteiger partial charge in [0.25, 0.3) is 0 Å². The van der Waals surface area contributed by atoms with Gasteiger partial charge in [-0.3, -0.25) is 0 Å². The normalized spacial score (nSPS) is 25.9.